The number of rotatable bonds is 19. The van der Waals surface area contributed by atoms with Gasteiger partial charge in [-0.3, -0.25) is 36.0 Å². The summed E-state index contributed by atoms with van der Waals surface area (Å²) in [7, 11) is -3.59. The van der Waals surface area contributed by atoms with Crippen LogP contribution in [-0.2, 0) is 38.8 Å². The van der Waals surface area contributed by atoms with Crippen LogP contribution in [0, 0.1) is 27.9 Å². The van der Waals surface area contributed by atoms with Crippen LogP contribution >= 0.6 is 11.6 Å². The van der Waals surface area contributed by atoms with Crippen molar-refractivity contribution in [3.05, 3.63) is 87.3 Å². The van der Waals surface area contributed by atoms with Crippen molar-refractivity contribution in [1.29, 1.82) is 16.2 Å². The Hall–Kier alpha value is -5.68. The van der Waals surface area contributed by atoms with E-state index in [4.69, 9.17) is 37.5 Å². The van der Waals surface area contributed by atoms with Crippen LogP contribution in [0.3, 0.4) is 0 Å². The molecule has 0 saturated heterocycles. The van der Waals surface area contributed by atoms with Crippen molar-refractivity contribution in [2.45, 2.75) is 120 Å². The van der Waals surface area contributed by atoms with Crippen LogP contribution in [0.1, 0.15) is 82.8 Å². The molecule has 1 atom stereocenters. The van der Waals surface area contributed by atoms with Gasteiger partial charge in [-0.1, -0.05) is 23.7 Å². The normalized spacial score (nSPS) is 15.8. The zero-order chi connectivity index (χ0) is 50.3. The van der Waals surface area contributed by atoms with Gasteiger partial charge in [-0.2, -0.15) is 13.9 Å². The van der Waals surface area contributed by atoms with Crippen molar-refractivity contribution in [2.75, 3.05) is 11.9 Å². The lowest BCUT2D eigenvalue weighted by molar-refractivity contribution is -0.121. The number of halogens is 9. The highest BCUT2D eigenvalue weighted by Crippen LogP contribution is 2.43. The number of pyridine rings is 1. The Morgan fingerprint density at radius 3 is 2.26 bits per heavy atom. The molecule has 6 rings (SSSR count). The number of nitrogens with one attached hydrogen (secondary N) is 6. The number of carbonyl (C=O) groups is 1. The molecule has 2 heterocycles. The van der Waals surface area contributed by atoms with Crippen LogP contribution < -0.4 is 16.0 Å². The van der Waals surface area contributed by atoms with Gasteiger partial charge in [0.15, 0.2) is 15.7 Å². The molecule has 4 aromatic rings. The fourth-order valence-corrected chi connectivity index (χ4v) is 10.0. The summed E-state index contributed by atoms with van der Waals surface area (Å²) < 4.78 is 147. The monoisotopic (exact) mass is 1000 g/mol. The molecule has 2 aromatic heterocycles. The molecular formula is C44H48ClF8N9O5S. The minimum atomic E-state index is -3.71. The minimum absolute atomic E-state index is 0.0142. The molecule has 0 aliphatic heterocycles. The summed E-state index contributed by atoms with van der Waals surface area (Å²) in [6.07, 6.45) is -7.31. The summed E-state index contributed by atoms with van der Waals surface area (Å²) in [6.45, 7) is 3.52. The van der Waals surface area contributed by atoms with Gasteiger partial charge in [0.1, 0.15) is 29.5 Å². The number of hydrogen-bond acceptors (Lipinski definition) is 11. The molecule has 24 heteroatoms. The van der Waals surface area contributed by atoms with Crippen molar-refractivity contribution >= 4 is 61.7 Å². The summed E-state index contributed by atoms with van der Waals surface area (Å²) in [5.41, 5.74) is -4.82. The highest BCUT2D eigenvalue weighted by Gasteiger charge is 2.46. The first-order valence-electron chi connectivity index (χ1n) is 21.1. The van der Waals surface area contributed by atoms with E-state index in [9.17, 15) is 44.7 Å². The second-order valence-electron chi connectivity index (χ2n) is 17.7. The Kier molecular flexibility index (Phi) is 15.0. The number of amidine groups is 1. The third kappa shape index (κ3) is 11.6. The molecule has 368 valence electrons. The molecule has 68 heavy (non-hydrogen) atoms. The van der Waals surface area contributed by atoms with Crippen LogP contribution in [0.4, 0.5) is 40.9 Å². The number of anilines is 1. The number of ether oxygens (including phenoxy) is 1. The van der Waals surface area contributed by atoms with Crippen molar-refractivity contribution in [2.24, 2.45) is 0 Å². The maximum Gasteiger partial charge on any atom is 0.294 e. The molecule has 14 nitrogen and oxygen atoms in total. The van der Waals surface area contributed by atoms with Crippen LogP contribution in [0.15, 0.2) is 53.7 Å². The van der Waals surface area contributed by atoms with Crippen molar-refractivity contribution in [3.8, 4) is 11.1 Å². The van der Waals surface area contributed by atoms with Crippen molar-refractivity contribution in [1.82, 2.24) is 25.4 Å². The van der Waals surface area contributed by atoms with Gasteiger partial charge < -0.3 is 20.5 Å². The van der Waals surface area contributed by atoms with E-state index in [2.05, 4.69) is 21.0 Å². The fraction of sp³-hybridized carbons (Fsp3) is 0.455. The number of aliphatic hydroxyl groups is 1. The van der Waals surface area contributed by atoms with Gasteiger partial charge in [0.25, 0.3) is 24.8 Å². The molecule has 1 fully saturated rings. The van der Waals surface area contributed by atoms with Crippen LogP contribution in [0.25, 0.3) is 22.0 Å². The van der Waals surface area contributed by atoms with E-state index < -0.39 is 129 Å². The SMILES string of the molecule is CC(C)(O)C(=N)OC(=N)Nc1nn(CC(F)F)c2c(-c3ccc(CCC(C)(C)S(=O)(=O)C4CC4)nc3[C@H](Cc3cc(F)cc(F)c3)NC(=O)CNC3=C(C(=N)C(F)F)CCC3(F)F)ccc(Cl)c12. The smallest absolute Gasteiger partial charge is 0.294 e. The van der Waals surface area contributed by atoms with Gasteiger partial charge in [-0.15, -0.1) is 0 Å². The largest absolute Gasteiger partial charge is 0.408 e. The number of alkyl halides is 6. The van der Waals surface area contributed by atoms with E-state index in [1.54, 1.807) is 13.8 Å². The van der Waals surface area contributed by atoms with Gasteiger partial charge in [0.2, 0.25) is 11.8 Å². The standard InChI is InChI=1S/C44H48ClF8N9O5S/c1-42(2,68(65,66)25-6-7-25)13-11-24-5-8-26(27-9-10-29(45)33-36(27)62(20-31(48)49)61-39(33)60-41(56)67-40(55)43(3,4)64)35(58-24)30(17-21-15-22(46)18-23(47)16-21)59-32(63)19-57-37-28(34(54)38(50)51)12-14-44(37,52)53/h5,8-10,15-16,18,25,30-31,38,54-55,57,64H,6-7,11-14,17,19-20H2,1-4H3,(H,59,63)(H2,56,60,61)/t30-/m0/s1. The lowest BCUT2D eigenvalue weighted by atomic mass is 9.93. The molecule has 2 aliphatic rings. The highest BCUT2D eigenvalue weighted by atomic mass is 35.5. The quantitative estimate of drug-likeness (QED) is 0.0271. The van der Waals surface area contributed by atoms with Gasteiger partial charge in [-0.05, 0) is 96.0 Å². The Morgan fingerprint density at radius 1 is 1.01 bits per heavy atom. The highest BCUT2D eigenvalue weighted by molar-refractivity contribution is 7.93. The number of allylic oxidation sites excluding steroid dienone is 2. The maximum absolute atomic E-state index is 15.0. The first kappa shape index (κ1) is 51.7. The Balaban J connectivity index is 1.51. The predicted octanol–water partition coefficient (Wildman–Crippen LogP) is 8.65. The van der Waals surface area contributed by atoms with Gasteiger partial charge in [0.05, 0.1) is 49.9 Å². The van der Waals surface area contributed by atoms with E-state index >= 15 is 8.78 Å². The van der Waals surface area contributed by atoms with E-state index in [0.29, 0.717) is 18.9 Å². The molecule has 0 radical (unpaired) electrons. The van der Waals surface area contributed by atoms with Gasteiger partial charge in [0, 0.05) is 34.9 Å². The third-order valence-electron chi connectivity index (χ3n) is 11.5. The van der Waals surface area contributed by atoms with E-state index in [-0.39, 0.29) is 62.7 Å². The average molecular weight is 1000 g/mol. The number of fused-ring (bicyclic) bond motifs is 1. The zero-order valence-corrected chi connectivity index (χ0v) is 38.5. The predicted molar refractivity (Wildman–Crippen MR) is 239 cm³/mol. The Bertz CT molecular complexity index is 2770. The fourth-order valence-electron chi connectivity index (χ4n) is 7.74. The van der Waals surface area contributed by atoms with E-state index in [0.717, 1.165) is 16.8 Å². The van der Waals surface area contributed by atoms with E-state index in [1.807, 2.05) is 0 Å². The summed E-state index contributed by atoms with van der Waals surface area (Å²) in [5, 5.41) is 45.0. The number of aromatic nitrogens is 3. The second kappa shape index (κ2) is 19.7. The third-order valence-corrected chi connectivity index (χ3v) is 14.9. The minimum Gasteiger partial charge on any atom is -0.408 e. The lowest BCUT2D eigenvalue weighted by Gasteiger charge is -2.26. The number of aryl methyl sites for hydroxylation is 1. The molecule has 7 N–H and O–H groups in total. The van der Waals surface area contributed by atoms with Crippen LogP contribution in [-0.4, -0.2) is 92.7 Å². The first-order chi connectivity index (χ1) is 31.6. The maximum atomic E-state index is 15.0. The second-order valence-corrected chi connectivity index (χ2v) is 20.9. The summed E-state index contributed by atoms with van der Waals surface area (Å²) >= 11 is 6.68. The summed E-state index contributed by atoms with van der Waals surface area (Å²) in [6, 6.07) is 5.88. The van der Waals surface area contributed by atoms with Crippen LogP contribution in [0.5, 0.6) is 0 Å². The Morgan fingerprint density at radius 2 is 1.66 bits per heavy atom. The van der Waals surface area contributed by atoms with Gasteiger partial charge in [-0.25, -0.2) is 34.8 Å². The molecular weight excluding hydrogens is 954 g/mol. The lowest BCUT2D eigenvalue weighted by Crippen LogP contribution is -2.40. The topological polar surface area (TPSA) is 219 Å². The number of benzene rings is 2. The molecule has 1 saturated carbocycles. The summed E-state index contributed by atoms with van der Waals surface area (Å²) in [4.78, 5) is 18.8. The van der Waals surface area contributed by atoms with Gasteiger partial charge >= 0.3 is 0 Å². The first-order valence-corrected chi connectivity index (χ1v) is 23.0. The number of hydrogen-bond donors (Lipinski definition) is 7. The van der Waals surface area contributed by atoms with E-state index in [1.165, 1.54) is 38.1 Å². The number of carbonyl (C=O) groups excluding carboxylic acids is 1. The average Bonchev–Trinajstić information content (AvgIpc) is 3.97. The number of sulfone groups is 1. The van der Waals surface area contributed by atoms with Crippen LogP contribution in [0.2, 0.25) is 5.02 Å². The zero-order valence-electron chi connectivity index (χ0n) is 36.9. The molecule has 0 unspecified atom stereocenters. The summed E-state index contributed by atoms with van der Waals surface area (Å²) in [5.74, 6) is -7.87. The molecule has 2 aromatic carbocycles. The number of amides is 1. The molecule has 2 aliphatic carbocycles. The molecule has 0 bridgehead atoms. The van der Waals surface area contributed by atoms with Crippen molar-refractivity contribution in [3.63, 3.8) is 0 Å². The molecule has 1 amide bonds. The molecule has 0 spiro atoms. The van der Waals surface area contributed by atoms with Crippen molar-refractivity contribution < 1.29 is 58.2 Å². The Labute approximate surface area is 390 Å². The number of nitrogens with zero attached hydrogens (tertiary/aromatic N) is 3.